The van der Waals surface area contributed by atoms with Crippen molar-refractivity contribution >= 4 is 17.5 Å². The molecule has 0 aromatic rings. The highest BCUT2D eigenvalue weighted by molar-refractivity contribution is 6.18. The van der Waals surface area contributed by atoms with Crippen LogP contribution in [0.1, 0.15) is 13.8 Å². The molecule has 104 valence electrons. The van der Waals surface area contributed by atoms with E-state index in [1.54, 1.807) is 4.90 Å². The molecule has 2 aliphatic heterocycles. The molecule has 0 spiro atoms. The Kier molecular flexibility index (Phi) is 4.48. The minimum Gasteiger partial charge on any atom is -0.376 e. The lowest BCUT2D eigenvalue weighted by Crippen LogP contribution is -2.58. The van der Waals surface area contributed by atoms with Crippen molar-refractivity contribution in [1.82, 2.24) is 4.90 Å². The van der Waals surface area contributed by atoms with E-state index in [0.29, 0.717) is 38.8 Å². The lowest BCUT2D eigenvalue weighted by molar-refractivity contribution is -0.176. The van der Waals surface area contributed by atoms with Crippen LogP contribution in [-0.4, -0.2) is 67.4 Å². The Morgan fingerprint density at radius 1 is 1.44 bits per heavy atom. The minimum atomic E-state index is -0.483. The van der Waals surface area contributed by atoms with Crippen molar-refractivity contribution in [3.05, 3.63) is 0 Å². The molecule has 2 fully saturated rings. The van der Waals surface area contributed by atoms with E-state index < -0.39 is 6.10 Å². The van der Waals surface area contributed by atoms with Crippen LogP contribution in [0.5, 0.6) is 0 Å². The van der Waals surface area contributed by atoms with Crippen molar-refractivity contribution in [2.24, 2.45) is 0 Å². The smallest absolute Gasteiger partial charge is 0.254 e. The molecule has 2 atom stereocenters. The monoisotopic (exact) mass is 277 g/mol. The molecule has 0 N–H and O–H groups in total. The number of alkyl halides is 1. The summed E-state index contributed by atoms with van der Waals surface area (Å²) in [5.41, 5.74) is -0.372. The molecule has 0 bridgehead atoms. The van der Waals surface area contributed by atoms with E-state index >= 15 is 0 Å². The van der Waals surface area contributed by atoms with Gasteiger partial charge in [-0.05, 0) is 13.8 Å². The molecular weight excluding hydrogens is 258 g/mol. The predicted octanol–water partition coefficient (Wildman–Crippen LogP) is 0.647. The van der Waals surface area contributed by atoms with Crippen molar-refractivity contribution in [1.29, 1.82) is 0 Å². The molecule has 2 aliphatic rings. The van der Waals surface area contributed by atoms with E-state index in [4.69, 9.17) is 25.8 Å². The zero-order valence-electron chi connectivity index (χ0n) is 10.9. The van der Waals surface area contributed by atoms with Crippen LogP contribution >= 0.6 is 11.6 Å². The Bertz CT molecular complexity index is 304. The summed E-state index contributed by atoms with van der Waals surface area (Å²) in [7, 11) is 0. The van der Waals surface area contributed by atoms with Crippen LogP contribution in [-0.2, 0) is 19.0 Å². The lowest BCUT2D eigenvalue weighted by Gasteiger charge is -2.43. The number of carbonyl (C=O) groups is 1. The number of halogens is 1. The molecule has 18 heavy (non-hydrogen) atoms. The van der Waals surface area contributed by atoms with Gasteiger partial charge in [0.15, 0.2) is 6.10 Å². The number of hydrogen-bond donors (Lipinski definition) is 0. The molecule has 0 saturated carbocycles. The number of amides is 1. The standard InChI is InChI=1S/C12H20ClNO4/c1-12(2)8-14(6-9(5-13)18-12)11(15)10-7-16-3-4-17-10/h9-10H,3-8H2,1-2H3. The average Bonchev–Trinajstić information content (AvgIpc) is 2.37. The first-order valence-electron chi connectivity index (χ1n) is 6.24. The van der Waals surface area contributed by atoms with Crippen LogP contribution in [0.2, 0.25) is 0 Å². The molecule has 2 unspecified atom stereocenters. The van der Waals surface area contributed by atoms with Crippen molar-refractivity contribution in [2.75, 3.05) is 38.8 Å². The van der Waals surface area contributed by atoms with Crippen LogP contribution in [0.4, 0.5) is 0 Å². The van der Waals surface area contributed by atoms with Gasteiger partial charge in [0.05, 0.1) is 37.4 Å². The average molecular weight is 278 g/mol. The number of rotatable bonds is 2. The fraction of sp³-hybridized carbons (Fsp3) is 0.917. The van der Waals surface area contributed by atoms with Crippen LogP contribution in [0.3, 0.4) is 0 Å². The van der Waals surface area contributed by atoms with Gasteiger partial charge in [0.2, 0.25) is 0 Å². The van der Waals surface area contributed by atoms with Crippen molar-refractivity contribution in [2.45, 2.75) is 31.7 Å². The Hall–Kier alpha value is -0.360. The summed E-state index contributed by atoms with van der Waals surface area (Å²) < 4.78 is 16.5. The van der Waals surface area contributed by atoms with E-state index in [1.165, 1.54) is 0 Å². The maximum atomic E-state index is 12.3. The Balaban J connectivity index is 1.99. The quantitative estimate of drug-likeness (QED) is 0.696. The second kappa shape index (κ2) is 5.74. The van der Waals surface area contributed by atoms with Gasteiger partial charge >= 0.3 is 0 Å². The normalized spacial score (nSPS) is 32.3. The highest BCUT2D eigenvalue weighted by Gasteiger charge is 2.38. The molecule has 6 heteroatoms. The van der Waals surface area contributed by atoms with E-state index in [0.717, 1.165) is 0 Å². The van der Waals surface area contributed by atoms with Gasteiger partial charge in [-0.15, -0.1) is 11.6 Å². The highest BCUT2D eigenvalue weighted by Crippen LogP contribution is 2.23. The summed E-state index contributed by atoms with van der Waals surface area (Å²) in [6.07, 6.45) is -0.604. The fourth-order valence-electron chi connectivity index (χ4n) is 2.38. The SMILES string of the molecule is CC1(C)CN(C(=O)C2COCCO2)CC(CCl)O1. The molecule has 2 rings (SSSR count). The van der Waals surface area contributed by atoms with Crippen molar-refractivity contribution in [3.8, 4) is 0 Å². The van der Waals surface area contributed by atoms with Crippen LogP contribution in [0.25, 0.3) is 0 Å². The minimum absolute atomic E-state index is 0.0267. The van der Waals surface area contributed by atoms with Crippen molar-refractivity contribution in [3.63, 3.8) is 0 Å². The lowest BCUT2D eigenvalue weighted by atomic mass is 10.0. The first-order chi connectivity index (χ1) is 8.52. The van der Waals surface area contributed by atoms with Gasteiger partial charge in [0, 0.05) is 13.1 Å². The largest absolute Gasteiger partial charge is 0.376 e. The molecule has 0 aromatic carbocycles. The van der Waals surface area contributed by atoms with Crippen molar-refractivity contribution < 1.29 is 19.0 Å². The predicted molar refractivity (Wildman–Crippen MR) is 66.8 cm³/mol. The number of ether oxygens (including phenoxy) is 3. The first kappa shape index (κ1) is 14.1. The topological polar surface area (TPSA) is 48.0 Å². The van der Waals surface area contributed by atoms with Gasteiger partial charge < -0.3 is 19.1 Å². The Morgan fingerprint density at radius 2 is 2.22 bits per heavy atom. The van der Waals surface area contributed by atoms with Gasteiger partial charge in [0.25, 0.3) is 5.91 Å². The summed E-state index contributed by atoms with van der Waals surface area (Å²) in [6.45, 7) is 6.37. The third-order valence-electron chi connectivity index (χ3n) is 3.06. The molecular formula is C12H20ClNO4. The summed E-state index contributed by atoms with van der Waals surface area (Å²) in [5.74, 6) is 0.357. The highest BCUT2D eigenvalue weighted by atomic mass is 35.5. The molecule has 1 amide bonds. The Morgan fingerprint density at radius 3 is 2.83 bits per heavy atom. The van der Waals surface area contributed by atoms with Crippen LogP contribution < -0.4 is 0 Å². The number of morpholine rings is 1. The van der Waals surface area contributed by atoms with Crippen LogP contribution in [0.15, 0.2) is 0 Å². The summed E-state index contributed by atoms with van der Waals surface area (Å²) >= 11 is 5.84. The van der Waals surface area contributed by atoms with Gasteiger partial charge in [-0.2, -0.15) is 0 Å². The maximum Gasteiger partial charge on any atom is 0.254 e. The second-order valence-corrected chi connectivity index (χ2v) is 5.62. The zero-order chi connectivity index (χ0) is 13.2. The molecule has 2 saturated heterocycles. The van der Waals surface area contributed by atoms with E-state index in [-0.39, 0.29) is 17.6 Å². The van der Waals surface area contributed by atoms with Gasteiger partial charge in [-0.25, -0.2) is 0 Å². The fourth-order valence-corrected chi connectivity index (χ4v) is 2.54. The third kappa shape index (κ3) is 3.35. The number of hydrogen-bond acceptors (Lipinski definition) is 4. The second-order valence-electron chi connectivity index (χ2n) is 5.31. The van der Waals surface area contributed by atoms with E-state index in [9.17, 15) is 4.79 Å². The summed E-state index contributed by atoms with van der Waals surface area (Å²) in [6, 6.07) is 0. The molecule has 5 nitrogen and oxygen atoms in total. The maximum absolute atomic E-state index is 12.3. The van der Waals surface area contributed by atoms with Crippen LogP contribution in [0, 0.1) is 0 Å². The van der Waals surface area contributed by atoms with Gasteiger partial charge in [0.1, 0.15) is 0 Å². The molecule has 0 aliphatic carbocycles. The van der Waals surface area contributed by atoms with E-state index in [1.807, 2.05) is 13.8 Å². The summed E-state index contributed by atoms with van der Waals surface area (Å²) in [4.78, 5) is 14.1. The third-order valence-corrected chi connectivity index (χ3v) is 3.40. The molecule has 2 heterocycles. The number of carbonyl (C=O) groups excluding carboxylic acids is 1. The Labute approximate surface area is 112 Å². The summed E-state index contributed by atoms with van der Waals surface area (Å²) in [5, 5.41) is 0. The molecule has 0 radical (unpaired) electrons. The number of nitrogens with zero attached hydrogens (tertiary/aromatic N) is 1. The van der Waals surface area contributed by atoms with Gasteiger partial charge in [-0.3, -0.25) is 4.79 Å². The molecule has 0 aromatic heterocycles. The van der Waals surface area contributed by atoms with Gasteiger partial charge in [-0.1, -0.05) is 0 Å². The zero-order valence-corrected chi connectivity index (χ0v) is 11.6. The first-order valence-corrected chi connectivity index (χ1v) is 6.77. The van der Waals surface area contributed by atoms with E-state index in [2.05, 4.69) is 0 Å².